The molecule has 3 aromatic rings. The van der Waals surface area contributed by atoms with Crippen LogP contribution in [0.25, 0.3) is 10.6 Å². The minimum atomic E-state index is -4.61. The largest absolute Gasteiger partial charge is 0.416 e. The lowest BCUT2D eigenvalue weighted by Gasteiger charge is -2.11. The molecule has 0 fully saturated rings. The highest BCUT2D eigenvalue weighted by Crippen LogP contribution is 2.30. The molecule has 0 spiro atoms. The highest BCUT2D eigenvalue weighted by Gasteiger charge is 2.31. The average molecular weight is 398 g/mol. The van der Waals surface area contributed by atoms with Crippen LogP contribution in [-0.2, 0) is 22.7 Å². The van der Waals surface area contributed by atoms with Crippen LogP contribution in [0.3, 0.4) is 0 Å². The second-order valence-electron chi connectivity index (χ2n) is 5.34. The highest BCUT2D eigenvalue weighted by atomic mass is 32.2. The van der Waals surface area contributed by atoms with Crippen LogP contribution in [0.1, 0.15) is 11.1 Å². The summed E-state index contributed by atoms with van der Waals surface area (Å²) in [7, 11) is -4.10. The first-order valence-corrected chi connectivity index (χ1v) is 9.78. The Hall–Kier alpha value is -2.23. The molecule has 2 aromatic heterocycles. The Balaban J connectivity index is 1.84. The normalized spacial score (nSPS) is 12.3. The van der Waals surface area contributed by atoms with Crippen LogP contribution < -0.4 is 4.72 Å². The number of nitrogens with one attached hydrogen (secondary N) is 1. The Bertz CT molecular complexity index is 1000. The van der Waals surface area contributed by atoms with Gasteiger partial charge in [-0.3, -0.25) is 4.98 Å². The predicted octanol–water partition coefficient (Wildman–Crippen LogP) is 4.31. The minimum absolute atomic E-state index is 0.0837. The summed E-state index contributed by atoms with van der Waals surface area (Å²) in [6.45, 7) is -0.0837. The molecule has 26 heavy (non-hydrogen) atoms. The van der Waals surface area contributed by atoms with E-state index in [-0.39, 0.29) is 6.54 Å². The van der Waals surface area contributed by atoms with Crippen molar-refractivity contribution in [3.8, 4) is 10.6 Å². The smallest absolute Gasteiger partial charge is 0.255 e. The van der Waals surface area contributed by atoms with Gasteiger partial charge in [0, 0.05) is 12.7 Å². The monoisotopic (exact) mass is 398 g/mol. The quantitative estimate of drug-likeness (QED) is 0.697. The summed E-state index contributed by atoms with van der Waals surface area (Å²) in [5.74, 6) is 0. The van der Waals surface area contributed by atoms with Crippen LogP contribution in [0.15, 0.2) is 65.0 Å². The Morgan fingerprint density at radius 1 is 1.08 bits per heavy atom. The molecule has 9 heteroatoms. The number of halogens is 3. The molecule has 0 unspecified atom stereocenters. The van der Waals surface area contributed by atoms with Crippen molar-refractivity contribution in [1.82, 2.24) is 9.71 Å². The summed E-state index contributed by atoms with van der Waals surface area (Å²) in [6.07, 6.45) is -3.01. The van der Waals surface area contributed by atoms with E-state index in [1.807, 2.05) is 17.5 Å². The predicted molar refractivity (Wildman–Crippen MR) is 93.0 cm³/mol. The maximum atomic E-state index is 12.8. The SMILES string of the molecule is O=S(=O)(NCc1cccnc1-c1cccs1)c1cccc(C(F)(F)F)c1. The van der Waals surface area contributed by atoms with Crippen LogP contribution in [0.5, 0.6) is 0 Å². The summed E-state index contributed by atoms with van der Waals surface area (Å²) in [4.78, 5) is 4.71. The van der Waals surface area contributed by atoms with Gasteiger partial charge in [0.25, 0.3) is 0 Å². The van der Waals surface area contributed by atoms with E-state index in [4.69, 9.17) is 0 Å². The van der Waals surface area contributed by atoms with Crippen molar-refractivity contribution in [2.75, 3.05) is 0 Å². The third kappa shape index (κ3) is 4.12. The first-order valence-electron chi connectivity index (χ1n) is 7.42. The fourth-order valence-electron chi connectivity index (χ4n) is 2.31. The fourth-order valence-corrected chi connectivity index (χ4v) is 4.12. The number of pyridine rings is 1. The average Bonchev–Trinajstić information content (AvgIpc) is 3.14. The number of nitrogens with zero attached hydrogens (tertiary/aromatic N) is 1. The van der Waals surface area contributed by atoms with Crippen LogP contribution in [0, 0.1) is 0 Å². The zero-order valence-electron chi connectivity index (χ0n) is 13.2. The number of sulfonamides is 1. The molecular weight excluding hydrogens is 385 g/mol. The Kier molecular flexibility index (Phi) is 5.12. The van der Waals surface area contributed by atoms with Crippen molar-refractivity contribution in [3.05, 3.63) is 71.2 Å². The fraction of sp³-hybridized carbons (Fsp3) is 0.118. The first kappa shape index (κ1) is 18.6. The number of benzene rings is 1. The van der Waals surface area contributed by atoms with E-state index in [9.17, 15) is 21.6 Å². The Morgan fingerprint density at radius 3 is 2.58 bits per heavy atom. The third-order valence-electron chi connectivity index (χ3n) is 3.57. The van der Waals surface area contributed by atoms with Gasteiger partial charge in [-0.2, -0.15) is 13.2 Å². The lowest BCUT2D eigenvalue weighted by atomic mass is 10.2. The first-order chi connectivity index (χ1) is 12.3. The number of aromatic nitrogens is 1. The second-order valence-corrected chi connectivity index (χ2v) is 8.05. The standard InChI is InChI=1S/C17H13F3N2O2S2/c18-17(19,20)13-5-1-6-14(10-13)26(23,24)22-11-12-4-2-8-21-16(12)15-7-3-9-25-15/h1-10,22H,11H2. The zero-order chi connectivity index (χ0) is 18.8. The number of thiophene rings is 1. The topological polar surface area (TPSA) is 59.1 Å². The molecule has 0 aliphatic rings. The molecule has 1 aromatic carbocycles. The second kappa shape index (κ2) is 7.18. The molecule has 136 valence electrons. The molecule has 0 bridgehead atoms. The van der Waals surface area contributed by atoms with Crippen molar-refractivity contribution in [2.24, 2.45) is 0 Å². The maximum Gasteiger partial charge on any atom is 0.416 e. The van der Waals surface area contributed by atoms with Crippen molar-refractivity contribution in [3.63, 3.8) is 0 Å². The van der Waals surface area contributed by atoms with Gasteiger partial charge >= 0.3 is 6.18 Å². The summed E-state index contributed by atoms with van der Waals surface area (Å²) >= 11 is 1.46. The van der Waals surface area contributed by atoms with Crippen molar-refractivity contribution in [1.29, 1.82) is 0 Å². The lowest BCUT2D eigenvalue weighted by Crippen LogP contribution is -2.24. The molecule has 0 amide bonds. The summed E-state index contributed by atoms with van der Waals surface area (Å²) < 4.78 is 65.5. The maximum absolute atomic E-state index is 12.8. The van der Waals surface area contributed by atoms with Gasteiger partial charge in [0.2, 0.25) is 10.0 Å². The third-order valence-corrected chi connectivity index (χ3v) is 5.85. The molecule has 1 N–H and O–H groups in total. The molecule has 0 saturated heterocycles. The van der Waals surface area contributed by atoms with E-state index in [0.717, 1.165) is 23.1 Å². The Labute approximate surface area is 152 Å². The molecule has 0 atom stereocenters. The molecule has 2 heterocycles. The van der Waals surface area contributed by atoms with Crippen LogP contribution in [0.2, 0.25) is 0 Å². The molecule has 3 rings (SSSR count). The zero-order valence-corrected chi connectivity index (χ0v) is 14.8. The summed E-state index contributed by atoms with van der Waals surface area (Å²) in [5.41, 5.74) is 0.251. The molecule has 4 nitrogen and oxygen atoms in total. The Morgan fingerprint density at radius 2 is 1.88 bits per heavy atom. The number of hydrogen-bond donors (Lipinski definition) is 1. The summed E-state index contributed by atoms with van der Waals surface area (Å²) in [5, 5.41) is 1.88. The van der Waals surface area contributed by atoms with E-state index in [0.29, 0.717) is 17.3 Å². The van der Waals surface area contributed by atoms with Gasteiger partial charge in [-0.25, -0.2) is 13.1 Å². The molecule has 0 aliphatic heterocycles. The van der Waals surface area contributed by atoms with E-state index in [2.05, 4.69) is 9.71 Å². The van der Waals surface area contributed by atoms with Crippen LogP contribution in [-0.4, -0.2) is 13.4 Å². The van der Waals surface area contributed by atoms with Crippen molar-refractivity contribution in [2.45, 2.75) is 17.6 Å². The minimum Gasteiger partial charge on any atom is -0.255 e. The van der Waals surface area contributed by atoms with Gasteiger partial charge < -0.3 is 0 Å². The molecule has 0 aliphatic carbocycles. The van der Waals surface area contributed by atoms with E-state index >= 15 is 0 Å². The van der Waals surface area contributed by atoms with Gasteiger partial charge in [0.1, 0.15) is 0 Å². The van der Waals surface area contributed by atoms with Gasteiger partial charge in [-0.1, -0.05) is 18.2 Å². The van der Waals surface area contributed by atoms with E-state index in [1.54, 1.807) is 18.3 Å². The van der Waals surface area contributed by atoms with E-state index in [1.165, 1.54) is 11.3 Å². The van der Waals surface area contributed by atoms with Crippen LogP contribution in [0.4, 0.5) is 13.2 Å². The lowest BCUT2D eigenvalue weighted by molar-refractivity contribution is -0.137. The highest BCUT2D eigenvalue weighted by molar-refractivity contribution is 7.89. The summed E-state index contributed by atoms with van der Waals surface area (Å²) in [6, 6.07) is 10.7. The number of rotatable bonds is 5. The van der Waals surface area contributed by atoms with E-state index < -0.39 is 26.7 Å². The van der Waals surface area contributed by atoms with Gasteiger partial charge in [-0.05, 0) is 41.3 Å². The van der Waals surface area contributed by atoms with Crippen LogP contribution >= 0.6 is 11.3 Å². The molecule has 0 saturated carbocycles. The molecule has 0 radical (unpaired) electrons. The van der Waals surface area contributed by atoms with Crippen molar-refractivity contribution < 1.29 is 21.6 Å². The number of hydrogen-bond acceptors (Lipinski definition) is 4. The molecular formula is C17H13F3N2O2S2. The van der Waals surface area contributed by atoms with Gasteiger partial charge in [0.15, 0.2) is 0 Å². The van der Waals surface area contributed by atoms with Gasteiger partial charge in [0.05, 0.1) is 21.0 Å². The number of alkyl halides is 3. The van der Waals surface area contributed by atoms with Crippen molar-refractivity contribution >= 4 is 21.4 Å². The van der Waals surface area contributed by atoms with Gasteiger partial charge in [-0.15, -0.1) is 11.3 Å².